The largest absolute Gasteiger partial charge is 0.0890 e. The Labute approximate surface area is 109 Å². The van der Waals surface area contributed by atoms with Crippen molar-refractivity contribution in [3.05, 3.63) is 33.8 Å². The fourth-order valence-electron chi connectivity index (χ4n) is 2.30. The van der Waals surface area contributed by atoms with Crippen molar-refractivity contribution < 1.29 is 0 Å². The minimum absolute atomic E-state index is 0.252. The molecule has 2 unspecified atom stereocenters. The van der Waals surface area contributed by atoms with E-state index in [0.717, 1.165) is 0 Å². The Morgan fingerprint density at radius 1 is 1.33 bits per heavy atom. The fourth-order valence-corrected chi connectivity index (χ4v) is 3.54. The summed E-state index contributed by atoms with van der Waals surface area (Å²) in [5, 5.41) is 1.30. The van der Waals surface area contributed by atoms with Crippen LogP contribution in [0.2, 0.25) is 10.0 Å². The van der Waals surface area contributed by atoms with Crippen LogP contribution in [0.1, 0.15) is 31.7 Å². The van der Waals surface area contributed by atoms with Gasteiger partial charge in [-0.25, -0.2) is 0 Å². The second kappa shape index (κ2) is 4.27. The average molecular weight is 308 g/mol. The Morgan fingerprint density at radius 2 is 2.07 bits per heavy atom. The third-order valence-electron chi connectivity index (χ3n) is 3.30. The molecular formula is C12H13BrCl2. The molecular weight excluding hydrogens is 295 g/mol. The molecule has 0 amide bonds. The van der Waals surface area contributed by atoms with Crippen LogP contribution in [0.15, 0.2) is 18.2 Å². The summed E-state index contributed by atoms with van der Waals surface area (Å²) in [7, 11) is 0. The first-order chi connectivity index (χ1) is 7.01. The monoisotopic (exact) mass is 306 g/mol. The van der Waals surface area contributed by atoms with E-state index in [4.69, 9.17) is 23.2 Å². The summed E-state index contributed by atoms with van der Waals surface area (Å²) in [6.45, 7) is 2.30. The lowest BCUT2D eigenvalue weighted by Crippen LogP contribution is -2.17. The molecule has 0 bridgehead atoms. The maximum absolute atomic E-state index is 6.05. The average Bonchev–Trinajstić information content (AvgIpc) is 2.52. The van der Waals surface area contributed by atoms with E-state index in [9.17, 15) is 0 Å². The van der Waals surface area contributed by atoms with Crippen molar-refractivity contribution in [3.63, 3.8) is 0 Å². The number of hydrogen-bond acceptors (Lipinski definition) is 0. The first-order valence-electron chi connectivity index (χ1n) is 5.11. The van der Waals surface area contributed by atoms with Crippen LogP contribution >= 0.6 is 39.1 Å². The second-order valence-corrected chi connectivity index (χ2v) is 6.64. The highest BCUT2D eigenvalue weighted by Gasteiger charge is 2.35. The zero-order valence-electron chi connectivity index (χ0n) is 8.56. The topological polar surface area (TPSA) is 0 Å². The number of benzene rings is 1. The van der Waals surface area contributed by atoms with E-state index in [1.54, 1.807) is 0 Å². The quantitative estimate of drug-likeness (QED) is 0.626. The highest BCUT2D eigenvalue weighted by molar-refractivity contribution is 9.09. The van der Waals surface area contributed by atoms with Crippen LogP contribution in [0.5, 0.6) is 0 Å². The van der Waals surface area contributed by atoms with Crippen molar-refractivity contribution in [2.24, 2.45) is 0 Å². The first kappa shape index (κ1) is 11.8. The zero-order valence-corrected chi connectivity index (χ0v) is 11.7. The van der Waals surface area contributed by atoms with Gasteiger partial charge in [-0.05, 0) is 42.4 Å². The number of alkyl halides is 1. The van der Waals surface area contributed by atoms with Gasteiger partial charge in [0, 0.05) is 4.83 Å². The summed E-state index contributed by atoms with van der Waals surface area (Å²) in [6, 6.07) is 6.00. The molecule has 0 radical (unpaired) electrons. The molecule has 82 valence electrons. The summed E-state index contributed by atoms with van der Waals surface area (Å²) < 4.78 is 0. The summed E-state index contributed by atoms with van der Waals surface area (Å²) in [5.41, 5.74) is 1.56. The molecule has 1 saturated carbocycles. The van der Waals surface area contributed by atoms with Gasteiger partial charge in [0.15, 0.2) is 0 Å². The Hall–Kier alpha value is 0.280. The second-order valence-electron chi connectivity index (χ2n) is 4.53. The Kier molecular flexibility index (Phi) is 3.35. The predicted molar refractivity (Wildman–Crippen MR) is 70.4 cm³/mol. The van der Waals surface area contributed by atoms with Crippen LogP contribution in [0.3, 0.4) is 0 Å². The predicted octanol–water partition coefficient (Wildman–Crippen LogP) is 5.20. The third-order valence-corrected chi connectivity index (χ3v) is 4.82. The Morgan fingerprint density at radius 3 is 2.60 bits per heavy atom. The van der Waals surface area contributed by atoms with Crippen LogP contribution in [0.25, 0.3) is 0 Å². The molecule has 0 aliphatic heterocycles. The van der Waals surface area contributed by atoms with E-state index in [-0.39, 0.29) is 5.41 Å². The molecule has 0 heterocycles. The SMILES string of the molecule is CC1(c2ccc(Cl)c(Cl)c2)CCC(Br)C1. The van der Waals surface area contributed by atoms with Gasteiger partial charge in [-0.3, -0.25) is 0 Å². The number of hydrogen-bond donors (Lipinski definition) is 0. The number of halogens is 3. The molecule has 0 aromatic heterocycles. The van der Waals surface area contributed by atoms with Crippen molar-refractivity contribution in [2.45, 2.75) is 36.4 Å². The van der Waals surface area contributed by atoms with E-state index < -0.39 is 0 Å². The molecule has 1 aromatic rings. The molecule has 1 fully saturated rings. The summed E-state index contributed by atoms with van der Waals surface area (Å²) in [5.74, 6) is 0. The molecule has 2 rings (SSSR count). The van der Waals surface area contributed by atoms with Crippen molar-refractivity contribution in [1.29, 1.82) is 0 Å². The van der Waals surface area contributed by atoms with Crippen LogP contribution in [0, 0.1) is 0 Å². The van der Waals surface area contributed by atoms with Gasteiger partial charge in [0.1, 0.15) is 0 Å². The summed E-state index contributed by atoms with van der Waals surface area (Å²) in [4.78, 5) is 0.636. The lowest BCUT2D eigenvalue weighted by Gasteiger charge is -2.24. The van der Waals surface area contributed by atoms with Gasteiger partial charge in [0.05, 0.1) is 10.0 Å². The molecule has 0 spiro atoms. The molecule has 1 aliphatic rings. The minimum Gasteiger partial charge on any atom is -0.0890 e. The first-order valence-corrected chi connectivity index (χ1v) is 6.78. The lowest BCUT2D eigenvalue weighted by molar-refractivity contribution is 0.493. The van der Waals surface area contributed by atoms with Crippen molar-refractivity contribution in [2.75, 3.05) is 0 Å². The Bertz CT molecular complexity index is 378. The normalized spacial score (nSPS) is 30.8. The van der Waals surface area contributed by atoms with Crippen molar-refractivity contribution in [1.82, 2.24) is 0 Å². The highest BCUT2D eigenvalue weighted by atomic mass is 79.9. The lowest BCUT2D eigenvalue weighted by atomic mass is 9.81. The van der Waals surface area contributed by atoms with Gasteiger partial charge in [-0.1, -0.05) is 52.1 Å². The molecule has 0 N–H and O–H groups in total. The van der Waals surface area contributed by atoms with Gasteiger partial charge in [-0.2, -0.15) is 0 Å². The molecule has 0 saturated heterocycles. The van der Waals surface area contributed by atoms with E-state index in [1.165, 1.54) is 24.8 Å². The van der Waals surface area contributed by atoms with Gasteiger partial charge in [0.2, 0.25) is 0 Å². The Balaban J connectivity index is 2.33. The van der Waals surface area contributed by atoms with E-state index in [2.05, 4.69) is 28.9 Å². The van der Waals surface area contributed by atoms with Gasteiger partial charge < -0.3 is 0 Å². The van der Waals surface area contributed by atoms with Crippen LogP contribution in [0.4, 0.5) is 0 Å². The molecule has 1 aliphatic carbocycles. The van der Waals surface area contributed by atoms with Crippen molar-refractivity contribution >= 4 is 39.1 Å². The molecule has 1 aromatic carbocycles. The van der Waals surface area contributed by atoms with E-state index in [1.807, 2.05) is 12.1 Å². The van der Waals surface area contributed by atoms with Crippen LogP contribution in [-0.4, -0.2) is 4.83 Å². The van der Waals surface area contributed by atoms with Crippen LogP contribution < -0.4 is 0 Å². The third kappa shape index (κ3) is 2.35. The van der Waals surface area contributed by atoms with Gasteiger partial charge in [0.25, 0.3) is 0 Å². The summed E-state index contributed by atoms with van der Waals surface area (Å²) >= 11 is 15.7. The summed E-state index contributed by atoms with van der Waals surface area (Å²) in [6.07, 6.45) is 3.61. The molecule has 3 heteroatoms. The molecule has 15 heavy (non-hydrogen) atoms. The molecule has 0 nitrogen and oxygen atoms in total. The van der Waals surface area contributed by atoms with E-state index in [0.29, 0.717) is 14.9 Å². The standard InChI is InChI=1S/C12H13BrCl2/c1-12(5-4-9(13)7-12)8-2-3-10(14)11(15)6-8/h2-3,6,9H,4-5,7H2,1H3. The minimum atomic E-state index is 0.252. The highest BCUT2D eigenvalue weighted by Crippen LogP contribution is 2.44. The maximum Gasteiger partial charge on any atom is 0.0595 e. The maximum atomic E-state index is 6.05. The van der Waals surface area contributed by atoms with Gasteiger partial charge in [-0.15, -0.1) is 0 Å². The smallest absolute Gasteiger partial charge is 0.0595 e. The fraction of sp³-hybridized carbons (Fsp3) is 0.500. The van der Waals surface area contributed by atoms with E-state index >= 15 is 0 Å². The van der Waals surface area contributed by atoms with Crippen molar-refractivity contribution in [3.8, 4) is 0 Å². The van der Waals surface area contributed by atoms with Gasteiger partial charge >= 0.3 is 0 Å². The zero-order chi connectivity index (χ0) is 11.1. The number of rotatable bonds is 1. The molecule has 2 atom stereocenters. The van der Waals surface area contributed by atoms with Crippen LogP contribution in [-0.2, 0) is 5.41 Å².